The molecule has 6 nitrogen and oxygen atoms in total. The second-order valence-corrected chi connectivity index (χ2v) is 5.14. The van der Waals surface area contributed by atoms with Crippen LogP contribution in [0, 0.1) is 5.92 Å². The van der Waals surface area contributed by atoms with Gasteiger partial charge in [-0.15, -0.1) is 0 Å². The van der Waals surface area contributed by atoms with Crippen molar-refractivity contribution in [3.63, 3.8) is 0 Å². The molecule has 0 bridgehead atoms. The van der Waals surface area contributed by atoms with E-state index in [0.717, 1.165) is 19.3 Å². The summed E-state index contributed by atoms with van der Waals surface area (Å²) in [5.74, 6) is -0.671. The van der Waals surface area contributed by atoms with Crippen LogP contribution in [0.4, 0.5) is 0 Å². The molecule has 1 aliphatic rings. The highest BCUT2D eigenvalue weighted by Gasteiger charge is 2.30. The van der Waals surface area contributed by atoms with Gasteiger partial charge in [0.15, 0.2) is 0 Å². The van der Waals surface area contributed by atoms with Crippen LogP contribution in [0.5, 0.6) is 0 Å². The van der Waals surface area contributed by atoms with Gasteiger partial charge in [0.2, 0.25) is 11.8 Å². The van der Waals surface area contributed by atoms with Gasteiger partial charge in [-0.1, -0.05) is 6.92 Å². The molecule has 1 rings (SSSR count). The molecule has 114 valence electrons. The highest BCUT2D eigenvalue weighted by molar-refractivity contribution is 5.84. The highest BCUT2D eigenvalue weighted by Crippen LogP contribution is 2.19. The molecular weight excluding hydrogens is 260 g/mol. The summed E-state index contributed by atoms with van der Waals surface area (Å²) in [7, 11) is 1.31. The van der Waals surface area contributed by atoms with Gasteiger partial charge in [-0.25, -0.2) is 0 Å². The molecule has 6 heteroatoms. The number of rotatable bonds is 5. The lowest BCUT2D eigenvalue weighted by Crippen LogP contribution is -2.47. The number of hydrogen-bond donors (Lipinski definition) is 0. The van der Waals surface area contributed by atoms with Crippen LogP contribution in [0.1, 0.15) is 33.1 Å². The summed E-state index contributed by atoms with van der Waals surface area (Å²) in [6, 6.07) is 0. The summed E-state index contributed by atoms with van der Waals surface area (Å²) in [6.07, 6.45) is 2.38. The minimum atomic E-state index is -0.411. The second kappa shape index (κ2) is 7.87. The Morgan fingerprint density at radius 1 is 1.35 bits per heavy atom. The van der Waals surface area contributed by atoms with Crippen LogP contribution in [0.15, 0.2) is 0 Å². The summed E-state index contributed by atoms with van der Waals surface area (Å²) >= 11 is 0. The normalized spacial score (nSPS) is 18.6. The largest absolute Gasteiger partial charge is 0.468 e. The number of methoxy groups -OCH3 is 1. The molecule has 0 aromatic heterocycles. The summed E-state index contributed by atoms with van der Waals surface area (Å²) in [4.78, 5) is 38.5. The fourth-order valence-corrected chi connectivity index (χ4v) is 2.48. The van der Waals surface area contributed by atoms with Crippen molar-refractivity contribution in [2.45, 2.75) is 33.1 Å². The molecule has 0 radical (unpaired) electrons. The zero-order valence-corrected chi connectivity index (χ0v) is 12.6. The van der Waals surface area contributed by atoms with E-state index in [1.807, 2.05) is 6.92 Å². The molecule has 2 amide bonds. The van der Waals surface area contributed by atoms with Crippen molar-refractivity contribution < 1.29 is 19.1 Å². The number of ether oxygens (including phenoxy) is 1. The predicted molar refractivity (Wildman–Crippen MR) is 73.9 cm³/mol. The molecule has 0 N–H and O–H groups in total. The average Bonchev–Trinajstić information content (AvgIpc) is 2.45. The first kappa shape index (κ1) is 16.5. The maximum atomic E-state index is 12.5. The van der Waals surface area contributed by atoms with E-state index in [-0.39, 0.29) is 24.3 Å². The summed E-state index contributed by atoms with van der Waals surface area (Å²) < 4.78 is 4.63. The molecule has 0 aliphatic carbocycles. The summed E-state index contributed by atoms with van der Waals surface area (Å²) in [5.41, 5.74) is 0. The van der Waals surface area contributed by atoms with Gasteiger partial charge in [0.05, 0.1) is 13.0 Å². The van der Waals surface area contributed by atoms with E-state index >= 15 is 0 Å². The number of carbonyl (C=O) groups is 3. The molecule has 1 aliphatic heterocycles. The van der Waals surface area contributed by atoms with Crippen molar-refractivity contribution in [3.05, 3.63) is 0 Å². The van der Waals surface area contributed by atoms with Gasteiger partial charge >= 0.3 is 5.97 Å². The third-order valence-corrected chi connectivity index (χ3v) is 3.57. The zero-order valence-electron chi connectivity index (χ0n) is 12.6. The molecule has 1 fully saturated rings. The number of likely N-dealkylation sites (tertiary alicyclic amines) is 1. The Bertz CT molecular complexity index is 370. The molecular formula is C14H24N2O4. The summed E-state index contributed by atoms with van der Waals surface area (Å²) in [6.45, 7) is 5.16. The highest BCUT2D eigenvalue weighted by atomic mass is 16.5. The topological polar surface area (TPSA) is 66.9 Å². The number of piperidine rings is 1. The Hall–Kier alpha value is -1.59. The Balaban J connectivity index is 2.67. The molecule has 1 saturated heterocycles. The van der Waals surface area contributed by atoms with E-state index < -0.39 is 5.97 Å². The van der Waals surface area contributed by atoms with Gasteiger partial charge in [0.25, 0.3) is 0 Å². The van der Waals surface area contributed by atoms with E-state index in [0.29, 0.717) is 19.6 Å². The van der Waals surface area contributed by atoms with Crippen LogP contribution in [0.2, 0.25) is 0 Å². The fraction of sp³-hybridized carbons (Fsp3) is 0.786. The molecule has 20 heavy (non-hydrogen) atoms. The number of hydrogen-bond acceptors (Lipinski definition) is 4. The van der Waals surface area contributed by atoms with Crippen LogP contribution in [-0.2, 0) is 19.1 Å². The van der Waals surface area contributed by atoms with Crippen LogP contribution in [0.3, 0.4) is 0 Å². The van der Waals surface area contributed by atoms with Crippen LogP contribution < -0.4 is 0 Å². The van der Waals surface area contributed by atoms with E-state index in [1.54, 1.807) is 9.80 Å². The average molecular weight is 284 g/mol. The molecule has 1 atom stereocenters. The standard InChI is InChI=1S/C14H24N2O4/c1-4-7-16(10-13(18)20-3)14(19)12-6-5-8-15(9-12)11(2)17/h12H,4-10H2,1-3H3. The Kier molecular flexibility index (Phi) is 6.48. The van der Waals surface area contributed by atoms with Gasteiger partial charge in [0.1, 0.15) is 6.54 Å². The second-order valence-electron chi connectivity index (χ2n) is 5.14. The molecule has 0 aromatic rings. The van der Waals surface area contributed by atoms with Crippen molar-refractivity contribution in [1.82, 2.24) is 9.80 Å². The first-order valence-electron chi connectivity index (χ1n) is 7.10. The maximum Gasteiger partial charge on any atom is 0.325 e. The first-order valence-corrected chi connectivity index (χ1v) is 7.10. The van der Waals surface area contributed by atoms with E-state index in [9.17, 15) is 14.4 Å². The lowest BCUT2D eigenvalue weighted by atomic mass is 9.96. The Labute approximate surface area is 120 Å². The molecule has 0 aromatic carbocycles. The number of amides is 2. The number of esters is 1. The Morgan fingerprint density at radius 3 is 2.60 bits per heavy atom. The third kappa shape index (κ3) is 4.51. The lowest BCUT2D eigenvalue weighted by Gasteiger charge is -2.34. The van der Waals surface area contributed by atoms with Gasteiger partial charge < -0.3 is 14.5 Å². The van der Waals surface area contributed by atoms with Crippen molar-refractivity contribution >= 4 is 17.8 Å². The van der Waals surface area contributed by atoms with E-state index in [4.69, 9.17) is 0 Å². The quantitative estimate of drug-likeness (QED) is 0.695. The zero-order chi connectivity index (χ0) is 15.1. The Morgan fingerprint density at radius 2 is 2.05 bits per heavy atom. The minimum absolute atomic E-state index is 0.00231. The van der Waals surface area contributed by atoms with Crippen LogP contribution >= 0.6 is 0 Å². The molecule has 0 spiro atoms. The van der Waals surface area contributed by atoms with Crippen molar-refractivity contribution in [2.24, 2.45) is 5.92 Å². The van der Waals surface area contributed by atoms with Gasteiger partial charge in [-0.05, 0) is 19.3 Å². The van der Waals surface area contributed by atoms with Crippen molar-refractivity contribution in [3.8, 4) is 0 Å². The van der Waals surface area contributed by atoms with Crippen LogP contribution in [-0.4, -0.2) is 60.9 Å². The predicted octanol–water partition coefficient (Wildman–Crippen LogP) is 0.656. The monoisotopic (exact) mass is 284 g/mol. The van der Waals surface area contributed by atoms with Crippen molar-refractivity contribution in [2.75, 3.05) is 33.3 Å². The van der Waals surface area contributed by atoms with Gasteiger partial charge in [-0.2, -0.15) is 0 Å². The van der Waals surface area contributed by atoms with Crippen molar-refractivity contribution in [1.29, 1.82) is 0 Å². The molecule has 0 saturated carbocycles. The lowest BCUT2D eigenvalue weighted by molar-refractivity contribution is -0.150. The number of nitrogens with zero attached hydrogens (tertiary/aromatic N) is 2. The molecule has 1 unspecified atom stereocenters. The summed E-state index contributed by atoms with van der Waals surface area (Å²) in [5, 5.41) is 0. The number of carbonyl (C=O) groups excluding carboxylic acids is 3. The van der Waals surface area contributed by atoms with Gasteiger partial charge in [-0.3, -0.25) is 14.4 Å². The minimum Gasteiger partial charge on any atom is -0.468 e. The van der Waals surface area contributed by atoms with E-state index in [1.165, 1.54) is 14.0 Å². The first-order chi connectivity index (χ1) is 9.49. The molecule has 1 heterocycles. The van der Waals surface area contributed by atoms with E-state index in [2.05, 4.69) is 4.74 Å². The maximum absolute atomic E-state index is 12.5. The van der Waals surface area contributed by atoms with Crippen LogP contribution in [0.25, 0.3) is 0 Å². The fourth-order valence-electron chi connectivity index (χ4n) is 2.48. The SMILES string of the molecule is CCCN(CC(=O)OC)C(=O)C1CCCN(C(C)=O)C1. The van der Waals surface area contributed by atoms with Gasteiger partial charge in [0, 0.05) is 26.6 Å². The third-order valence-electron chi connectivity index (χ3n) is 3.57. The smallest absolute Gasteiger partial charge is 0.325 e.